The van der Waals surface area contributed by atoms with Crippen molar-refractivity contribution in [2.45, 2.75) is 46.3 Å². The maximum atomic E-state index is 5.54. The molecule has 1 saturated heterocycles. The number of guanidine groups is 1. The molecule has 2 aromatic rings. The highest BCUT2D eigenvalue weighted by Gasteiger charge is 2.24. The summed E-state index contributed by atoms with van der Waals surface area (Å²) >= 11 is 0. The second kappa shape index (κ2) is 13.1. The van der Waals surface area contributed by atoms with Crippen LogP contribution in [-0.2, 0) is 18.3 Å². The molecule has 178 valence electrons. The highest BCUT2D eigenvalue weighted by molar-refractivity contribution is 14.0. The van der Waals surface area contributed by atoms with E-state index in [1.807, 2.05) is 24.6 Å². The average molecular weight is 556 g/mol. The van der Waals surface area contributed by atoms with Gasteiger partial charge in [0.1, 0.15) is 12.4 Å². The zero-order valence-corrected chi connectivity index (χ0v) is 22.2. The van der Waals surface area contributed by atoms with Crippen molar-refractivity contribution in [3.8, 4) is 0 Å². The Morgan fingerprint density at radius 1 is 1.12 bits per heavy atom. The first-order valence-corrected chi connectivity index (χ1v) is 11.2. The van der Waals surface area contributed by atoms with E-state index >= 15 is 0 Å². The Bertz CT molecular complexity index is 834. The topological polar surface area (TPSA) is 79.6 Å². The molecule has 1 aromatic heterocycles. The summed E-state index contributed by atoms with van der Waals surface area (Å²) in [6.07, 6.45) is 0. The van der Waals surface area contributed by atoms with Gasteiger partial charge in [0.15, 0.2) is 11.8 Å². The lowest BCUT2D eigenvalue weighted by atomic mass is 10.0. The van der Waals surface area contributed by atoms with Gasteiger partial charge in [-0.25, -0.2) is 4.99 Å². The second-order valence-electron chi connectivity index (χ2n) is 8.50. The standard InChI is InChI=1S/C23H37N7O.HI/c1-17(2)21(30-11-13-31-14-12-30)15-24-23(25-16-22-28-27-19(4)29(22)5)26-18(3)20-9-7-6-8-10-20;/h6-10,17-18,21H,11-16H2,1-5H3,(H2,24,25,26);1H. The van der Waals surface area contributed by atoms with Crippen molar-refractivity contribution < 1.29 is 4.74 Å². The first-order chi connectivity index (χ1) is 15.0. The van der Waals surface area contributed by atoms with E-state index in [9.17, 15) is 0 Å². The molecule has 2 heterocycles. The molecule has 2 N–H and O–H groups in total. The summed E-state index contributed by atoms with van der Waals surface area (Å²) < 4.78 is 7.52. The summed E-state index contributed by atoms with van der Waals surface area (Å²) in [4.78, 5) is 7.36. The lowest BCUT2D eigenvalue weighted by Crippen LogP contribution is -2.52. The fourth-order valence-corrected chi connectivity index (χ4v) is 3.82. The van der Waals surface area contributed by atoms with E-state index < -0.39 is 0 Å². The number of nitrogens with one attached hydrogen (secondary N) is 2. The van der Waals surface area contributed by atoms with E-state index in [2.05, 4.69) is 70.8 Å². The van der Waals surface area contributed by atoms with Gasteiger partial charge in [-0.05, 0) is 25.3 Å². The van der Waals surface area contributed by atoms with Crippen molar-refractivity contribution in [1.29, 1.82) is 0 Å². The molecule has 1 aliphatic heterocycles. The van der Waals surface area contributed by atoms with Gasteiger partial charge < -0.3 is 19.9 Å². The smallest absolute Gasteiger partial charge is 0.192 e. The summed E-state index contributed by atoms with van der Waals surface area (Å²) in [5.41, 5.74) is 1.22. The van der Waals surface area contributed by atoms with Gasteiger partial charge in [-0.1, -0.05) is 44.2 Å². The number of aromatic nitrogens is 3. The average Bonchev–Trinajstić information content (AvgIpc) is 3.10. The zero-order valence-electron chi connectivity index (χ0n) is 19.9. The number of hydrogen-bond acceptors (Lipinski definition) is 5. The molecular formula is C23H38IN7O. The number of halogens is 1. The van der Waals surface area contributed by atoms with Crippen LogP contribution in [-0.4, -0.2) is 64.5 Å². The van der Waals surface area contributed by atoms with Crippen molar-refractivity contribution in [2.24, 2.45) is 18.0 Å². The number of rotatable bonds is 8. The quantitative estimate of drug-likeness (QED) is 0.297. The molecule has 0 spiro atoms. The van der Waals surface area contributed by atoms with Crippen molar-refractivity contribution in [1.82, 2.24) is 30.3 Å². The van der Waals surface area contributed by atoms with Crippen LogP contribution in [0.2, 0.25) is 0 Å². The van der Waals surface area contributed by atoms with E-state index in [1.165, 1.54) is 5.56 Å². The normalized spacial score (nSPS) is 17.0. The number of ether oxygens (including phenoxy) is 1. The van der Waals surface area contributed by atoms with Crippen LogP contribution in [0.25, 0.3) is 0 Å². The molecule has 2 atom stereocenters. The van der Waals surface area contributed by atoms with Gasteiger partial charge >= 0.3 is 0 Å². The summed E-state index contributed by atoms with van der Waals surface area (Å²) in [6.45, 7) is 13.5. The van der Waals surface area contributed by atoms with Gasteiger partial charge in [0.05, 0.1) is 19.3 Å². The molecule has 3 rings (SSSR count). The first-order valence-electron chi connectivity index (χ1n) is 11.2. The minimum absolute atomic E-state index is 0. The Kier molecular flexibility index (Phi) is 10.9. The molecule has 0 amide bonds. The lowest BCUT2D eigenvalue weighted by Gasteiger charge is -2.37. The third-order valence-electron chi connectivity index (χ3n) is 5.98. The molecule has 0 saturated carbocycles. The van der Waals surface area contributed by atoms with Crippen LogP contribution in [0.15, 0.2) is 35.3 Å². The molecule has 0 aliphatic carbocycles. The number of aliphatic imine (C=N–C) groups is 1. The number of aryl methyl sites for hydroxylation is 1. The summed E-state index contributed by atoms with van der Waals surface area (Å²) in [5, 5.41) is 15.6. The predicted molar refractivity (Wildman–Crippen MR) is 139 cm³/mol. The van der Waals surface area contributed by atoms with Crippen molar-refractivity contribution in [2.75, 3.05) is 32.8 Å². The number of morpholine rings is 1. The summed E-state index contributed by atoms with van der Waals surface area (Å²) in [7, 11) is 1.97. The van der Waals surface area contributed by atoms with E-state index in [0.717, 1.165) is 50.5 Å². The molecule has 8 nitrogen and oxygen atoms in total. The summed E-state index contributed by atoms with van der Waals surface area (Å²) in [5.74, 6) is 3.05. The van der Waals surface area contributed by atoms with Gasteiger partial charge in [-0.15, -0.1) is 34.2 Å². The van der Waals surface area contributed by atoms with Crippen molar-refractivity contribution >= 4 is 29.9 Å². The van der Waals surface area contributed by atoms with E-state index in [-0.39, 0.29) is 30.0 Å². The van der Waals surface area contributed by atoms with Crippen molar-refractivity contribution in [3.63, 3.8) is 0 Å². The van der Waals surface area contributed by atoms with Crippen LogP contribution in [0.1, 0.15) is 44.0 Å². The maximum absolute atomic E-state index is 5.54. The molecule has 1 aromatic carbocycles. The molecule has 32 heavy (non-hydrogen) atoms. The van der Waals surface area contributed by atoms with Gasteiger partial charge in [-0.3, -0.25) is 4.90 Å². The molecule has 9 heteroatoms. The monoisotopic (exact) mass is 555 g/mol. The van der Waals surface area contributed by atoms with Gasteiger partial charge in [0.2, 0.25) is 0 Å². The fourth-order valence-electron chi connectivity index (χ4n) is 3.82. The molecular weight excluding hydrogens is 517 g/mol. The summed E-state index contributed by atoms with van der Waals surface area (Å²) in [6, 6.07) is 11.0. The third kappa shape index (κ3) is 7.41. The molecule has 1 fully saturated rings. The highest BCUT2D eigenvalue weighted by atomic mass is 127. The van der Waals surface area contributed by atoms with Crippen LogP contribution in [0, 0.1) is 12.8 Å². The minimum Gasteiger partial charge on any atom is -0.379 e. The van der Waals surface area contributed by atoms with Crippen LogP contribution in [0.4, 0.5) is 0 Å². The van der Waals surface area contributed by atoms with Gasteiger partial charge in [0, 0.05) is 32.7 Å². The van der Waals surface area contributed by atoms with E-state index in [1.54, 1.807) is 0 Å². The molecule has 0 radical (unpaired) electrons. The van der Waals surface area contributed by atoms with Gasteiger partial charge in [-0.2, -0.15) is 0 Å². The number of nitrogens with zero attached hydrogens (tertiary/aromatic N) is 5. The Morgan fingerprint density at radius 2 is 1.81 bits per heavy atom. The molecule has 1 aliphatic rings. The SMILES string of the molecule is Cc1nnc(CN=C(NCC(C(C)C)N2CCOCC2)NC(C)c2ccccc2)n1C.I. The minimum atomic E-state index is 0. The number of hydrogen-bond donors (Lipinski definition) is 2. The third-order valence-corrected chi connectivity index (χ3v) is 5.98. The predicted octanol–water partition coefficient (Wildman–Crippen LogP) is 2.89. The van der Waals surface area contributed by atoms with Crippen molar-refractivity contribution in [3.05, 3.63) is 47.5 Å². The first kappa shape index (κ1) is 26.5. The van der Waals surface area contributed by atoms with Gasteiger partial charge in [0.25, 0.3) is 0 Å². The van der Waals surface area contributed by atoms with E-state index in [4.69, 9.17) is 9.73 Å². The van der Waals surface area contributed by atoms with Crippen LogP contribution in [0.3, 0.4) is 0 Å². The number of benzene rings is 1. The fraction of sp³-hybridized carbons (Fsp3) is 0.609. The highest BCUT2D eigenvalue weighted by Crippen LogP contribution is 2.14. The van der Waals surface area contributed by atoms with Crippen LogP contribution >= 0.6 is 24.0 Å². The Labute approximate surface area is 209 Å². The maximum Gasteiger partial charge on any atom is 0.192 e. The molecule has 2 unspecified atom stereocenters. The van der Waals surface area contributed by atoms with E-state index in [0.29, 0.717) is 18.5 Å². The Balaban J connectivity index is 0.00000363. The Hall–Kier alpha value is -1.72. The van der Waals surface area contributed by atoms with Crippen LogP contribution in [0.5, 0.6) is 0 Å². The second-order valence-corrected chi connectivity index (χ2v) is 8.50. The lowest BCUT2D eigenvalue weighted by molar-refractivity contribution is 0.00751. The Morgan fingerprint density at radius 3 is 2.41 bits per heavy atom. The largest absolute Gasteiger partial charge is 0.379 e. The zero-order chi connectivity index (χ0) is 22.2. The van der Waals surface area contributed by atoms with Crippen LogP contribution < -0.4 is 10.6 Å². The molecule has 0 bridgehead atoms.